The van der Waals surface area contributed by atoms with Gasteiger partial charge in [-0.25, -0.2) is 0 Å². The monoisotopic (exact) mass is 223 g/mol. The first-order chi connectivity index (χ1) is 7.81. The van der Waals surface area contributed by atoms with Gasteiger partial charge in [0.15, 0.2) is 0 Å². The van der Waals surface area contributed by atoms with E-state index >= 15 is 0 Å². The number of aliphatic hydroxyl groups excluding tert-OH is 1. The van der Waals surface area contributed by atoms with E-state index in [1.807, 2.05) is 0 Å². The lowest BCUT2D eigenvalue weighted by Crippen LogP contribution is -2.26. The zero-order valence-electron chi connectivity index (χ0n) is 9.43. The first-order valence-electron chi connectivity index (χ1n) is 5.60. The summed E-state index contributed by atoms with van der Waals surface area (Å²) in [6, 6.07) is 1.80. The van der Waals surface area contributed by atoms with E-state index in [2.05, 4.69) is 4.98 Å². The van der Waals surface area contributed by atoms with Crippen molar-refractivity contribution in [3.8, 4) is 5.75 Å². The molecule has 1 aliphatic heterocycles. The van der Waals surface area contributed by atoms with Crippen LogP contribution < -0.4 is 4.74 Å². The molecule has 2 rings (SSSR count). The van der Waals surface area contributed by atoms with E-state index in [4.69, 9.17) is 9.47 Å². The molecule has 0 aliphatic carbocycles. The predicted molar refractivity (Wildman–Crippen MR) is 59.3 cm³/mol. The Morgan fingerprint density at radius 3 is 3.06 bits per heavy atom. The van der Waals surface area contributed by atoms with E-state index in [1.54, 1.807) is 25.6 Å². The van der Waals surface area contributed by atoms with E-state index in [-0.39, 0.29) is 6.10 Å². The van der Waals surface area contributed by atoms with Crippen LogP contribution in [0.2, 0.25) is 0 Å². The summed E-state index contributed by atoms with van der Waals surface area (Å²) in [5.41, 5.74) is 0.756. The highest BCUT2D eigenvalue weighted by molar-refractivity contribution is 5.25. The molecule has 4 nitrogen and oxygen atoms in total. The van der Waals surface area contributed by atoms with Crippen molar-refractivity contribution in [3.63, 3.8) is 0 Å². The summed E-state index contributed by atoms with van der Waals surface area (Å²) in [6.45, 7) is 0.735. The minimum Gasteiger partial charge on any atom is -0.495 e. The van der Waals surface area contributed by atoms with Gasteiger partial charge in [-0.15, -0.1) is 0 Å². The van der Waals surface area contributed by atoms with Crippen LogP contribution in [0.5, 0.6) is 5.75 Å². The normalized spacial score (nSPS) is 22.8. The lowest BCUT2D eigenvalue weighted by Gasteiger charge is -2.27. The number of hydrogen-bond donors (Lipinski definition) is 1. The molecule has 2 heterocycles. The third kappa shape index (κ3) is 2.51. The number of nitrogens with zero attached hydrogens (tertiary/aromatic N) is 1. The van der Waals surface area contributed by atoms with Gasteiger partial charge < -0.3 is 14.6 Å². The van der Waals surface area contributed by atoms with Crippen molar-refractivity contribution in [1.29, 1.82) is 0 Å². The number of hydrogen-bond acceptors (Lipinski definition) is 4. The van der Waals surface area contributed by atoms with Crippen molar-refractivity contribution < 1.29 is 14.6 Å². The van der Waals surface area contributed by atoms with Crippen molar-refractivity contribution in [2.24, 2.45) is 0 Å². The van der Waals surface area contributed by atoms with Crippen LogP contribution in [-0.4, -0.2) is 29.9 Å². The predicted octanol–water partition coefficient (Wildman–Crippen LogP) is 1.69. The summed E-state index contributed by atoms with van der Waals surface area (Å²) in [6.07, 6.45) is 5.66. The van der Waals surface area contributed by atoms with E-state index in [9.17, 15) is 5.11 Å². The molecule has 0 radical (unpaired) electrons. The fourth-order valence-electron chi connectivity index (χ4n) is 1.94. The lowest BCUT2D eigenvalue weighted by atomic mass is 9.99. The molecule has 2 unspecified atom stereocenters. The minimum atomic E-state index is -0.608. The standard InChI is InChI=1S/C12H17NO3/c1-15-10-6-9(7-13-8-10)12(14)11-4-2-3-5-16-11/h6-8,11-12,14H,2-5H2,1H3. The van der Waals surface area contributed by atoms with Gasteiger partial charge in [0.2, 0.25) is 0 Å². The van der Waals surface area contributed by atoms with E-state index in [0.717, 1.165) is 31.4 Å². The van der Waals surface area contributed by atoms with Gasteiger partial charge in [-0.2, -0.15) is 0 Å². The first-order valence-corrected chi connectivity index (χ1v) is 5.60. The summed E-state index contributed by atoms with van der Waals surface area (Å²) in [7, 11) is 1.59. The first kappa shape index (κ1) is 11.4. The topological polar surface area (TPSA) is 51.6 Å². The van der Waals surface area contributed by atoms with Crippen molar-refractivity contribution in [2.45, 2.75) is 31.5 Å². The molecule has 4 heteroatoms. The molecule has 1 aromatic rings. The Bertz CT molecular complexity index is 337. The molecule has 1 aromatic heterocycles. The number of pyridine rings is 1. The highest BCUT2D eigenvalue weighted by Gasteiger charge is 2.24. The third-order valence-corrected chi connectivity index (χ3v) is 2.88. The Hall–Kier alpha value is -1.13. The smallest absolute Gasteiger partial charge is 0.137 e. The molecule has 0 aromatic carbocycles. The molecule has 1 N–H and O–H groups in total. The second-order valence-corrected chi connectivity index (χ2v) is 4.01. The lowest BCUT2D eigenvalue weighted by molar-refractivity contribution is -0.0634. The number of aliphatic hydroxyl groups is 1. The molecule has 16 heavy (non-hydrogen) atoms. The highest BCUT2D eigenvalue weighted by atomic mass is 16.5. The van der Waals surface area contributed by atoms with Gasteiger partial charge in [0.05, 0.1) is 19.4 Å². The van der Waals surface area contributed by atoms with Gasteiger partial charge in [-0.1, -0.05) is 0 Å². The largest absolute Gasteiger partial charge is 0.495 e. The molecule has 0 amide bonds. The van der Waals surface area contributed by atoms with Crippen molar-refractivity contribution >= 4 is 0 Å². The maximum absolute atomic E-state index is 10.1. The molecule has 1 aliphatic rings. The van der Waals surface area contributed by atoms with E-state index in [0.29, 0.717) is 5.75 Å². The summed E-state index contributed by atoms with van der Waals surface area (Å²) in [5.74, 6) is 0.660. The van der Waals surface area contributed by atoms with E-state index < -0.39 is 6.10 Å². The van der Waals surface area contributed by atoms with Crippen LogP contribution in [0.25, 0.3) is 0 Å². The van der Waals surface area contributed by atoms with Crippen molar-refractivity contribution in [2.75, 3.05) is 13.7 Å². The number of aromatic nitrogens is 1. The van der Waals surface area contributed by atoms with Crippen LogP contribution in [0, 0.1) is 0 Å². The van der Waals surface area contributed by atoms with Crippen molar-refractivity contribution in [3.05, 3.63) is 24.0 Å². The molecule has 0 bridgehead atoms. The second kappa shape index (κ2) is 5.27. The van der Waals surface area contributed by atoms with Gasteiger partial charge in [0.25, 0.3) is 0 Å². The summed E-state index contributed by atoms with van der Waals surface area (Å²) < 4.78 is 10.6. The second-order valence-electron chi connectivity index (χ2n) is 4.01. The summed E-state index contributed by atoms with van der Waals surface area (Å²) in [4.78, 5) is 4.03. The zero-order chi connectivity index (χ0) is 11.4. The average Bonchev–Trinajstić information content (AvgIpc) is 2.39. The molecule has 2 atom stereocenters. The molecule has 88 valence electrons. The minimum absolute atomic E-state index is 0.109. The van der Waals surface area contributed by atoms with Crippen LogP contribution in [0.4, 0.5) is 0 Å². The number of rotatable bonds is 3. The molecule has 1 saturated heterocycles. The Kier molecular flexibility index (Phi) is 3.74. The molecular weight excluding hydrogens is 206 g/mol. The fourth-order valence-corrected chi connectivity index (χ4v) is 1.94. The van der Waals surface area contributed by atoms with Gasteiger partial charge in [-0.3, -0.25) is 4.98 Å². The van der Waals surface area contributed by atoms with Crippen LogP contribution in [0.3, 0.4) is 0 Å². The molecule has 0 spiro atoms. The maximum atomic E-state index is 10.1. The summed E-state index contributed by atoms with van der Waals surface area (Å²) >= 11 is 0. The molecule has 1 fully saturated rings. The quantitative estimate of drug-likeness (QED) is 0.847. The van der Waals surface area contributed by atoms with Crippen LogP contribution in [0.1, 0.15) is 30.9 Å². The Morgan fingerprint density at radius 2 is 2.38 bits per heavy atom. The van der Waals surface area contributed by atoms with Crippen LogP contribution in [0.15, 0.2) is 18.5 Å². The van der Waals surface area contributed by atoms with Gasteiger partial charge >= 0.3 is 0 Å². The van der Waals surface area contributed by atoms with E-state index in [1.165, 1.54) is 0 Å². The van der Waals surface area contributed by atoms with Crippen molar-refractivity contribution in [1.82, 2.24) is 4.98 Å². The van der Waals surface area contributed by atoms with Gasteiger partial charge in [0, 0.05) is 18.4 Å². The fraction of sp³-hybridized carbons (Fsp3) is 0.583. The zero-order valence-corrected chi connectivity index (χ0v) is 9.43. The Morgan fingerprint density at radius 1 is 1.50 bits per heavy atom. The molecular formula is C12H17NO3. The van der Waals surface area contributed by atoms with Crippen LogP contribution in [-0.2, 0) is 4.74 Å². The number of methoxy groups -OCH3 is 1. The summed E-state index contributed by atoms with van der Waals surface area (Å²) in [5, 5.41) is 10.1. The average molecular weight is 223 g/mol. The molecule has 0 saturated carbocycles. The van der Waals surface area contributed by atoms with Gasteiger partial charge in [-0.05, 0) is 25.3 Å². The number of ether oxygens (including phenoxy) is 2. The SMILES string of the molecule is COc1cncc(C(O)C2CCCCO2)c1. The Labute approximate surface area is 95.2 Å². The van der Waals surface area contributed by atoms with Crippen LogP contribution >= 0.6 is 0 Å². The highest BCUT2D eigenvalue weighted by Crippen LogP contribution is 2.27. The third-order valence-electron chi connectivity index (χ3n) is 2.88. The Balaban J connectivity index is 2.09. The van der Waals surface area contributed by atoms with Gasteiger partial charge in [0.1, 0.15) is 11.9 Å². The maximum Gasteiger partial charge on any atom is 0.137 e.